The van der Waals surface area contributed by atoms with Gasteiger partial charge in [-0.05, 0) is 38.5 Å². The van der Waals surface area contributed by atoms with E-state index in [4.69, 9.17) is 0 Å². The number of rotatable bonds is 74. The summed E-state index contributed by atoms with van der Waals surface area (Å²) in [5.74, 6) is -0.574. The Morgan fingerprint density at radius 2 is 0.476 bits per heavy atom. The van der Waals surface area contributed by atoms with E-state index in [1.807, 2.05) is 0 Å². The van der Waals surface area contributed by atoms with Crippen LogP contribution in [-0.2, 0) is 4.79 Å². The maximum Gasteiger partial charge on any atom is 0.249 e. The molecule has 0 spiro atoms. The molecule has 502 valence electrons. The number of amides is 1. The van der Waals surface area contributed by atoms with Gasteiger partial charge in [0, 0.05) is 0 Å². The zero-order chi connectivity index (χ0) is 60.8. The first-order chi connectivity index (χ1) is 41.5. The summed E-state index contributed by atoms with van der Waals surface area (Å²) < 4.78 is 0. The summed E-state index contributed by atoms with van der Waals surface area (Å²) in [6, 6.07) is -0.985. The van der Waals surface area contributed by atoms with E-state index >= 15 is 0 Å². The fraction of sp³-hybridized carbons (Fsp3) is 0.962. The van der Waals surface area contributed by atoms with Gasteiger partial charge < -0.3 is 25.7 Å². The van der Waals surface area contributed by atoms with E-state index in [-0.39, 0.29) is 0 Å². The minimum atomic E-state index is -1.26. The minimum absolute atomic E-state index is 0.374. The van der Waals surface area contributed by atoms with Gasteiger partial charge in [-0.15, -0.1) is 0 Å². The Kier molecular flexibility index (Phi) is 72.0. The van der Waals surface area contributed by atoms with Gasteiger partial charge in [0.15, 0.2) is 0 Å². The van der Waals surface area contributed by atoms with Gasteiger partial charge >= 0.3 is 0 Å². The second-order valence-corrected chi connectivity index (χ2v) is 27.4. The molecule has 0 fully saturated rings. The van der Waals surface area contributed by atoms with Crippen molar-refractivity contribution in [3.05, 3.63) is 12.2 Å². The van der Waals surface area contributed by atoms with Gasteiger partial charge in [0.05, 0.1) is 18.8 Å². The number of hydrogen-bond donors (Lipinski definition) is 5. The molecule has 0 aromatic heterocycles. The van der Waals surface area contributed by atoms with Crippen LogP contribution in [0.5, 0.6) is 0 Å². The number of hydrogen-bond acceptors (Lipinski definition) is 5. The van der Waals surface area contributed by atoms with Crippen molar-refractivity contribution in [2.24, 2.45) is 0 Å². The molecule has 0 aliphatic heterocycles. The lowest BCUT2D eigenvalue weighted by molar-refractivity contribution is -0.132. The van der Waals surface area contributed by atoms with Crippen molar-refractivity contribution < 1.29 is 25.2 Å². The molecular formula is C78H155NO5. The van der Waals surface area contributed by atoms with Gasteiger partial charge in [-0.1, -0.05) is 424 Å². The Bertz CT molecular complexity index is 1240. The summed E-state index contributed by atoms with van der Waals surface area (Å²) in [7, 11) is 0. The lowest BCUT2D eigenvalue weighted by atomic mass is 9.99. The molecule has 0 radical (unpaired) electrons. The van der Waals surface area contributed by atoms with Crippen molar-refractivity contribution >= 4 is 5.91 Å². The van der Waals surface area contributed by atoms with E-state index in [9.17, 15) is 25.2 Å². The third-order valence-corrected chi connectivity index (χ3v) is 19.0. The second-order valence-electron chi connectivity index (χ2n) is 27.4. The zero-order valence-corrected chi connectivity index (χ0v) is 57.5. The molecule has 0 rings (SSSR count). The molecule has 6 heteroatoms. The summed E-state index contributed by atoms with van der Waals surface area (Å²) in [5.41, 5.74) is 0. The summed E-state index contributed by atoms with van der Waals surface area (Å²) >= 11 is 0. The fourth-order valence-corrected chi connectivity index (χ4v) is 12.9. The van der Waals surface area contributed by atoms with Crippen molar-refractivity contribution in [3.63, 3.8) is 0 Å². The Hall–Kier alpha value is -0.950. The second kappa shape index (κ2) is 72.8. The number of carbonyl (C=O) groups is 1. The largest absolute Gasteiger partial charge is 0.394 e. The number of carbonyl (C=O) groups excluding carboxylic acids is 1. The molecule has 4 atom stereocenters. The maximum atomic E-state index is 12.7. The molecule has 84 heavy (non-hydrogen) atoms. The SMILES string of the molecule is CCCCCCCCCCCCCCCCCC/C=C\CCCCCCCCCCCCCCCCCCC(O)C(=O)NC(CO)C(O)C(O)CCCCCCCCCCCCCCCCCCCCCCCCCCCCCCCCCC. The van der Waals surface area contributed by atoms with Crippen LogP contribution in [0.4, 0.5) is 0 Å². The number of nitrogens with one attached hydrogen (secondary N) is 1. The van der Waals surface area contributed by atoms with E-state index in [1.165, 1.54) is 385 Å². The maximum absolute atomic E-state index is 12.7. The summed E-state index contributed by atoms with van der Waals surface area (Å²) in [6.07, 6.45) is 92.4. The van der Waals surface area contributed by atoms with Crippen LogP contribution >= 0.6 is 0 Å². The molecule has 0 heterocycles. The highest BCUT2D eigenvalue weighted by Crippen LogP contribution is 2.21. The Morgan fingerprint density at radius 3 is 0.690 bits per heavy atom. The van der Waals surface area contributed by atoms with Crippen LogP contribution in [0.15, 0.2) is 12.2 Å². The van der Waals surface area contributed by atoms with Crippen LogP contribution in [0.3, 0.4) is 0 Å². The quantitative estimate of drug-likeness (QED) is 0.0308. The molecule has 6 nitrogen and oxygen atoms in total. The predicted molar refractivity (Wildman–Crippen MR) is 371 cm³/mol. The first-order valence-corrected chi connectivity index (χ1v) is 39.1. The Morgan fingerprint density at radius 1 is 0.286 bits per heavy atom. The molecule has 0 aromatic rings. The van der Waals surface area contributed by atoms with Gasteiger partial charge in [0.1, 0.15) is 12.2 Å². The zero-order valence-electron chi connectivity index (χ0n) is 57.5. The monoisotopic (exact) mass is 1190 g/mol. The highest BCUT2D eigenvalue weighted by atomic mass is 16.3. The van der Waals surface area contributed by atoms with Crippen LogP contribution < -0.4 is 5.32 Å². The first kappa shape index (κ1) is 83.1. The molecule has 5 N–H and O–H groups in total. The molecule has 0 aromatic carbocycles. The van der Waals surface area contributed by atoms with Gasteiger partial charge in [-0.3, -0.25) is 4.79 Å². The summed E-state index contributed by atoms with van der Waals surface area (Å²) in [5, 5.41) is 44.4. The van der Waals surface area contributed by atoms with Crippen LogP contribution in [0.1, 0.15) is 450 Å². The molecule has 1 amide bonds. The van der Waals surface area contributed by atoms with Crippen molar-refractivity contribution in [1.82, 2.24) is 5.32 Å². The molecule has 0 aliphatic rings. The molecule has 0 saturated heterocycles. The average Bonchev–Trinajstić information content (AvgIpc) is 3.51. The molecule has 4 unspecified atom stereocenters. The van der Waals surface area contributed by atoms with Crippen molar-refractivity contribution in [2.45, 2.75) is 475 Å². The predicted octanol–water partition coefficient (Wildman–Crippen LogP) is 24.7. The highest BCUT2D eigenvalue weighted by Gasteiger charge is 2.29. The van der Waals surface area contributed by atoms with Crippen LogP contribution in [0.25, 0.3) is 0 Å². The first-order valence-electron chi connectivity index (χ1n) is 39.1. The van der Waals surface area contributed by atoms with E-state index in [2.05, 4.69) is 31.3 Å². The van der Waals surface area contributed by atoms with E-state index in [1.54, 1.807) is 0 Å². The number of aliphatic hydroxyl groups excluding tert-OH is 4. The van der Waals surface area contributed by atoms with Crippen LogP contribution in [0, 0.1) is 0 Å². The van der Waals surface area contributed by atoms with Gasteiger partial charge in [0.25, 0.3) is 0 Å². The lowest BCUT2D eigenvalue weighted by Crippen LogP contribution is -2.53. The van der Waals surface area contributed by atoms with Crippen LogP contribution in [0.2, 0.25) is 0 Å². The molecule has 0 aliphatic carbocycles. The molecule has 0 saturated carbocycles. The average molecular weight is 1190 g/mol. The number of unbranched alkanes of at least 4 members (excludes halogenated alkanes) is 63. The smallest absolute Gasteiger partial charge is 0.249 e. The molecular weight excluding hydrogens is 1030 g/mol. The van der Waals surface area contributed by atoms with E-state index in [0.717, 1.165) is 38.5 Å². The van der Waals surface area contributed by atoms with Crippen molar-refractivity contribution in [3.8, 4) is 0 Å². The van der Waals surface area contributed by atoms with E-state index < -0.39 is 36.9 Å². The van der Waals surface area contributed by atoms with E-state index in [0.29, 0.717) is 12.8 Å². The Balaban J connectivity index is 3.49. The Labute approximate surface area is 527 Å². The lowest BCUT2D eigenvalue weighted by Gasteiger charge is -2.27. The van der Waals surface area contributed by atoms with Gasteiger partial charge in [-0.2, -0.15) is 0 Å². The third-order valence-electron chi connectivity index (χ3n) is 19.0. The standard InChI is InChI=1S/C78H155NO5/c1-3-5-7-9-11-13-15-17-19-21-23-25-27-29-31-33-35-37-38-39-40-42-44-46-48-50-52-54-56-58-60-62-64-66-68-70-72-76(82)78(84)79-74(73-80)77(83)75(81)71-69-67-65-63-61-59-57-55-53-51-49-47-45-43-41-36-34-32-30-28-26-24-22-20-18-16-14-12-10-8-6-4-2/h37-38,74-77,80-83H,3-36,39-73H2,1-2H3,(H,79,84)/b38-37-. The topological polar surface area (TPSA) is 110 Å². The third kappa shape index (κ3) is 65.5. The highest BCUT2D eigenvalue weighted by molar-refractivity contribution is 5.80. The number of aliphatic hydroxyl groups is 4. The van der Waals surface area contributed by atoms with Crippen molar-refractivity contribution in [2.75, 3.05) is 6.61 Å². The van der Waals surface area contributed by atoms with Crippen LogP contribution in [-0.4, -0.2) is 57.3 Å². The summed E-state index contributed by atoms with van der Waals surface area (Å²) in [6.45, 7) is 4.13. The fourth-order valence-electron chi connectivity index (χ4n) is 12.9. The normalized spacial score (nSPS) is 13.4. The van der Waals surface area contributed by atoms with Crippen molar-refractivity contribution in [1.29, 1.82) is 0 Å². The number of allylic oxidation sites excluding steroid dienone is 2. The summed E-state index contributed by atoms with van der Waals surface area (Å²) in [4.78, 5) is 12.7. The van der Waals surface area contributed by atoms with Gasteiger partial charge in [-0.25, -0.2) is 0 Å². The minimum Gasteiger partial charge on any atom is -0.394 e. The van der Waals surface area contributed by atoms with Gasteiger partial charge in [0.2, 0.25) is 5.91 Å². The molecule has 0 bridgehead atoms.